The van der Waals surface area contributed by atoms with E-state index < -0.39 is 5.54 Å². The summed E-state index contributed by atoms with van der Waals surface area (Å²) in [4.78, 5) is 12.1. The summed E-state index contributed by atoms with van der Waals surface area (Å²) >= 11 is 0. The van der Waals surface area contributed by atoms with Gasteiger partial charge in [-0.2, -0.15) is 0 Å². The molecular weight excluding hydrogens is 246 g/mol. The molecule has 0 saturated carbocycles. The van der Waals surface area contributed by atoms with Gasteiger partial charge in [0.15, 0.2) is 0 Å². The van der Waals surface area contributed by atoms with Gasteiger partial charge >= 0.3 is 0 Å². The summed E-state index contributed by atoms with van der Waals surface area (Å²) in [6.07, 6.45) is 4.02. The van der Waals surface area contributed by atoms with E-state index >= 15 is 0 Å². The molecule has 1 amide bonds. The molecular formula is C18H19NO. The van der Waals surface area contributed by atoms with Gasteiger partial charge in [0.25, 0.3) is 5.91 Å². The summed E-state index contributed by atoms with van der Waals surface area (Å²) in [6.45, 7) is 3.96. The zero-order valence-electron chi connectivity index (χ0n) is 11.8. The van der Waals surface area contributed by atoms with Crippen molar-refractivity contribution >= 4 is 12.0 Å². The van der Waals surface area contributed by atoms with Gasteiger partial charge in [0.1, 0.15) is 0 Å². The highest BCUT2D eigenvalue weighted by Gasteiger charge is 2.17. The van der Waals surface area contributed by atoms with Crippen LogP contribution in [-0.4, -0.2) is 11.4 Å². The minimum absolute atomic E-state index is 0.0617. The fourth-order valence-corrected chi connectivity index (χ4v) is 1.86. The molecule has 0 fully saturated rings. The Labute approximate surface area is 120 Å². The van der Waals surface area contributed by atoms with Gasteiger partial charge in [0.2, 0.25) is 0 Å². The van der Waals surface area contributed by atoms with Gasteiger partial charge in [0.05, 0.1) is 5.54 Å². The number of carbonyl (C=O) groups excluding carboxylic acids is 1. The summed E-state index contributed by atoms with van der Waals surface area (Å²) in [6, 6.07) is 19.3. The minimum atomic E-state index is -0.400. The molecule has 1 N–H and O–H groups in total. The van der Waals surface area contributed by atoms with Crippen molar-refractivity contribution in [2.24, 2.45) is 0 Å². The predicted molar refractivity (Wildman–Crippen MR) is 83.5 cm³/mol. The number of amides is 1. The number of carbonyl (C=O) groups is 1. The van der Waals surface area contributed by atoms with E-state index in [4.69, 9.17) is 0 Å². The van der Waals surface area contributed by atoms with Crippen molar-refractivity contribution in [3.63, 3.8) is 0 Å². The first-order valence-electron chi connectivity index (χ1n) is 6.69. The molecule has 0 bridgehead atoms. The Bertz CT molecular complexity index is 585. The third kappa shape index (κ3) is 4.09. The normalized spacial score (nSPS) is 11.5. The van der Waals surface area contributed by atoms with Crippen molar-refractivity contribution < 1.29 is 4.79 Å². The van der Waals surface area contributed by atoms with Gasteiger partial charge in [0, 0.05) is 5.56 Å². The first-order chi connectivity index (χ1) is 9.57. The lowest BCUT2D eigenvalue weighted by Gasteiger charge is -2.22. The van der Waals surface area contributed by atoms with E-state index in [9.17, 15) is 4.79 Å². The van der Waals surface area contributed by atoms with E-state index in [1.165, 1.54) is 0 Å². The lowest BCUT2D eigenvalue weighted by molar-refractivity contribution is 0.0927. The molecule has 2 nitrogen and oxygen atoms in total. The Morgan fingerprint density at radius 2 is 1.50 bits per heavy atom. The molecule has 2 aromatic rings. The van der Waals surface area contributed by atoms with Crippen molar-refractivity contribution in [1.29, 1.82) is 0 Å². The van der Waals surface area contributed by atoms with Gasteiger partial charge in [-0.3, -0.25) is 4.79 Å². The first kappa shape index (κ1) is 14.1. The molecule has 102 valence electrons. The summed E-state index contributed by atoms with van der Waals surface area (Å²) in [5.41, 5.74) is 1.39. The largest absolute Gasteiger partial charge is 0.344 e. The van der Waals surface area contributed by atoms with Gasteiger partial charge in [-0.05, 0) is 31.5 Å². The smallest absolute Gasteiger partial charge is 0.251 e. The Balaban J connectivity index is 2.04. The molecule has 0 atom stereocenters. The SMILES string of the molecule is CC(C)(/C=C\c1ccccc1)NC(=O)c1ccccc1. The van der Waals surface area contributed by atoms with Crippen LogP contribution >= 0.6 is 0 Å². The van der Waals surface area contributed by atoms with Crippen molar-refractivity contribution in [2.75, 3.05) is 0 Å². The second kappa shape index (κ2) is 6.20. The van der Waals surface area contributed by atoms with Gasteiger partial charge in [-0.1, -0.05) is 60.7 Å². The molecule has 0 aliphatic rings. The average Bonchev–Trinajstić information content (AvgIpc) is 2.47. The zero-order valence-corrected chi connectivity index (χ0v) is 11.8. The summed E-state index contributed by atoms with van der Waals surface area (Å²) in [5.74, 6) is -0.0617. The quantitative estimate of drug-likeness (QED) is 0.892. The minimum Gasteiger partial charge on any atom is -0.344 e. The maximum atomic E-state index is 12.1. The zero-order chi connectivity index (χ0) is 14.4. The van der Waals surface area contributed by atoms with Crippen LogP contribution in [-0.2, 0) is 0 Å². The number of nitrogens with one attached hydrogen (secondary N) is 1. The molecule has 0 radical (unpaired) electrons. The Kier molecular flexibility index (Phi) is 4.36. The standard InChI is InChI=1S/C18H19NO/c1-18(2,14-13-15-9-5-3-6-10-15)19-17(20)16-11-7-4-8-12-16/h3-14H,1-2H3,(H,19,20)/b14-13-. The maximum Gasteiger partial charge on any atom is 0.251 e. The van der Waals surface area contributed by atoms with E-state index in [1.807, 2.05) is 86.7 Å². The molecule has 0 saturated heterocycles. The van der Waals surface area contributed by atoms with Crippen LogP contribution < -0.4 is 5.32 Å². The lowest BCUT2D eigenvalue weighted by atomic mass is 10.0. The third-order valence-electron chi connectivity index (χ3n) is 2.96. The first-order valence-corrected chi connectivity index (χ1v) is 6.69. The van der Waals surface area contributed by atoms with Crippen LogP contribution in [0.4, 0.5) is 0 Å². The van der Waals surface area contributed by atoms with E-state index in [0.29, 0.717) is 5.56 Å². The molecule has 0 unspecified atom stereocenters. The third-order valence-corrected chi connectivity index (χ3v) is 2.96. The molecule has 0 heterocycles. The summed E-state index contributed by atoms with van der Waals surface area (Å²) < 4.78 is 0. The van der Waals surface area contributed by atoms with Crippen LogP contribution in [0.3, 0.4) is 0 Å². The predicted octanol–water partition coefficient (Wildman–Crippen LogP) is 3.91. The molecule has 2 aromatic carbocycles. The fourth-order valence-electron chi connectivity index (χ4n) is 1.86. The Hall–Kier alpha value is -2.35. The van der Waals surface area contributed by atoms with Crippen molar-refractivity contribution in [3.8, 4) is 0 Å². The Morgan fingerprint density at radius 1 is 0.950 bits per heavy atom. The highest BCUT2D eigenvalue weighted by atomic mass is 16.1. The topological polar surface area (TPSA) is 29.1 Å². The van der Waals surface area contributed by atoms with E-state index in [-0.39, 0.29) is 5.91 Å². The summed E-state index contributed by atoms with van der Waals surface area (Å²) in [5, 5.41) is 3.02. The van der Waals surface area contributed by atoms with Crippen LogP contribution in [0.1, 0.15) is 29.8 Å². The second-order valence-corrected chi connectivity index (χ2v) is 5.29. The Morgan fingerprint density at radius 3 is 2.10 bits per heavy atom. The number of hydrogen-bond donors (Lipinski definition) is 1. The van der Waals surface area contributed by atoms with Gasteiger partial charge in [-0.25, -0.2) is 0 Å². The number of hydrogen-bond acceptors (Lipinski definition) is 1. The van der Waals surface area contributed by atoms with Crippen molar-refractivity contribution in [3.05, 3.63) is 77.9 Å². The maximum absolute atomic E-state index is 12.1. The van der Waals surface area contributed by atoms with Crippen LogP contribution in [0.5, 0.6) is 0 Å². The molecule has 0 aliphatic heterocycles. The molecule has 0 spiro atoms. The lowest BCUT2D eigenvalue weighted by Crippen LogP contribution is -2.41. The van der Waals surface area contributed by atoms with Crippen LogP contribution in [0.15, 0.2) is 66.7 Å². The van der Waals surface area contributed by atoms with E-state index in [2.05, 4.69) is 5.32 Å². The fraction of sp³-hybridized carbons (Fsp3) is 0.167. The summed E-state index contributed by atoms with van der Waals surface area (Å²) in [7, 11) is 0. The average molecular weight is 265 g/mol. The molecule has 20 heavy (non-hydrogen) atoms. The molecule has 0 aromatic heterocycles. The number of benzene rings is 2. The van der Waals surface area contributed by atoms with Gasteiger partial charge in [-0.15, -0.1) is 0 Å². The van der Waals surface area contributed by atoms with Crippen molar-refractivity contribution in [1.82, 2.24) is 5.32 Å². The molecule has 2 heteroatoms. The van der Waals surface area contributed by atoms with E-state index in [1.54, 1.807) is 0 Å². The van der Waals surface area contributed by atoms with E-state index in [0.717, 1.165) is 5.56 Å². The monoisotopic (exact) mass is 265 g/mol. The van der Waals surface area contributed by atoms with Crippen LogP contribution in [0.2, 0.25) is 0 Å². The highest BCUT2D eigenvalue weighted by molar-refractivity contribution is 5.94. The van der Waals surface area contributed by atoms with Crippen LogP contribution in [0, 0.1) is 0 Å². The second-order valence-electron chi connectivity index (χ2n) is 5.29. The highest BCUT2D eigenvalue weighted by Crippen LogP contribution is 2.11. The molecule has 2 rings (SSSR count). The number of rotatable bonds is 4. The van der Waals surface area contributed by atoms with Crippen molar-refractivity contribution in [2.45, 2.75) is 19.4 Å². The van der Waals surface area contributed by atoms with Gasteiger partial charge < -0.3 is 5.32 Å². The van der Waals surface area contributed by atoms with Crippen LogP contribution in [0.25, 0.3) is 6.08 Å². The molecule has 0 aliphatic carbocycles.